The number of benzene rings is 1. The van der Waals surface area contributed by atoms with E-state index in [1.807, 2.05) is 23.6 Å². The van der Waals surface area contributed by atoms with Gasteiger partial charge in [0.15, 0.2) is 5.69 Å². The number of rotatable bonds is 5. The standard InChI is InChI=1S/C11H13BrN6OS/c12-7-1-2-8(13)10(5-7)20-4-3-18-6-9(16-17-18)11(19)15-14/h1-2,5-6H,3-4,13-14H2,(H,15,19). The molecule has 20 heavy (non-hydrogen) atoms. The Bertz CT molecular complexity index is 617. The summed E-state index contributed by atoms with van der Waals surface area (Å²) in [6.07, 6.45) is 1.55. The summed E-state index contributed by atoms with van der Waals surface area (Å²) in [6.45, 7) is 0.613. The Hall–Kier alpha value is -1.58. The maximum Gasteiger partial charge on any atom is 0.287 e. The van der Waals surface area contributed by atoms with Crippen molar-refractivity contribution < 1.29 is 4.79 Å². The molecule has 0 aliphatic carbocycles. The molecule has 0 fully saturated rings. The average Bonchev–Trinajstić information content (AvgIpc) is 2.90. The van der Waals surface area contributed by atoms with E-state index in [4.69, 9.17) is 11.6 Å². The van der Waals surface area contributed by atoms with Crippen molar-refractivity contribution in [1.29, 1.82) is 0 Å². The van der Waals surface area contributed by atoms with Gasteiger partial charge in [-0.15, -0.1) is 16.9 Å². The second-order valence-corrected chi connectivity index (χ2v) is 5.92. The van der Waals surface area contributed by atoms with Crippen LogP contribution in [0.2, 0.25) is 0 Å². The van der Waals surface area contributed by atoms with Crippen LogP contribution in [0.4, 0.5) is 5.69 Å². The first-order chi connectivity index (χ1) is 9.60. The number of anilines is 1. The fraction of sp³-hybridized carbons (Fsp3) is 0.182. The van der Waals surface area contributed by atoms with Crippen LogP contribution in [0.25, 0.3) is 0 Å². The van der Waals surface area contributed by atoms with Gasteiger partial charge in [-0.05, 0) is 18.2 Å². The van der Waals surface area contributed by atoms with Gasteiger partial charge in [0.05, 0.1) is 12.7 Å². The van der Waals surface area contributed by atoms with Gasteiger partial charge in [-0.2, -0.15) is 0 Å². The fourth-order valence-corrected chi connectivity index (χ4v) is 2.92. The van der Waals surface area contributed by atoms with E-state index in [0.717, 1.165) is 20.8 Å². The Labute approximate surface area is 128 Å². The molecule has 0 atom stereocenters. The van der Waals surface area contributed by atoms with Crippen LogP contribution in [0.5, 0.6) is 0 Å². The molecule has 0 spiro atoms. The summed E-state index contributed by atoms with van der Waals surface area (Å²) in [7, 11) is 0. The van der Waals surface area contributed by atoms with E-state index in [1.165, 1.54) is 0 Å². The molecular formula is C11H13BrN6OS. The lowest BCUT2D eigenvalue weighted by atomic mass is 10.3. The van der Waals surface area contributed by atoms with Gasteiger partial charge in [-0.25, -0.2) is 5.84 Å². The number of nitrogens with zero attached hydrogens (tertiary/aromatic N) is 3. The molecule has 0 saturated carbocycles. The summed E-state index contributed by atoms with van der Waals surface area (Å²) in [5, 5.41) is 7.58. The number of hydrazine groups is 1. The van der Waals surface area contributed by atoms with Crippen LogP contribution in [-0.4, -0.2) is 26.7 Å². The summed E-state index contributed by atoms with van der Waals surface area (Å²) in [4.78, 5) is 12.2. The molecule has 1 heterocycles. The van der Waals surface area contributed by atoms with E-state index in [-0.39, 0.29) is 5.69 Å². The Morgan fingerprint density at radius 1 is 1.50 bits per heavy atom. The molecule has 7 nitrogen and oxygen atoms in total. The topological polar surface area (TPSA) is 112 Å². The van der Waals surface area contributed by atoms with Crippen LogP contribution in [0, 0.1) is 0 Å². The zero-order valence-corrected chi connectivity index (χ0v) is 12.8. The van der Waals surface area contributed by atoms with Crippen LogP contribution in [0.3, 0.4) is 0 Å². The Balaban J connectivity index is 1.91. The Morgan fingerprint density at radius 2 is 2.30 bits per heavy atom. The zero-order valence-electron chi connectivity index (χ0n) is 10.4. The molecule has 2 rings (SSSR count). The zero-order chi connectivity index (χ0) is 14.5. The van der Waals surface area contributed by atoms with Gasteiger partial charge in [0.25, 0.3) is 5.91 Å². The number of nitrogens with two attached hydrogens (primary N) is 2. The lowest BCUT2D eigenvalue weighted by Crippen LogP contribution is -2.30. The number of amides is 1. The van der Waals surface area contributed by atoms with E-state index >= 15 is 0 Å². The van der Waals surface area contributed by atoms with Crippen molar-refractivity contribution in [3.63, 3.8) is 0 Å². The van der Waals surface area contributed by atoms with Crippen molar-refractivity contribution in [3.05, 3.63) is 34.6 Å². The van der Waals surface area contributed by atoms with E-state index in [1.54, 1.807) is 22.6 Å². The Kier molecular flexibility index (Phi) is 4.99. The van der Waals surface area contributed by atoms with Gasteiger partial charge in [0, 0.05) is 20.8 Å². The largest absolute Gasteiger partial charge is 0.398 e. The van der Waals surface area contributed by atoms with Gasteiger partial charge in [-0.1, -0.05) is 21.1 Å². The normalized spacial score (nSPS) is 10.5. The van der Waals surface area contributed by atoms with Gasteiger partial charge in [0.2, 0.25) is 0 Å². The minimum absolute atomic E-state index is 0.194. The summed E-state index contributed by atoms with van der Waals surface area (Å²) < 4.78 is 2.57. The highest BCUT2D eigenvalue weighted by Crippen LogP contribution is 2.28. The maximum absolute atomic E-state index is 11.2. The highest BCUT2D eigenvalue weighted by Gasteiger charge is 2.08. The minimum atomic E-state index is -0.458. The predicted octanol–water partition coefficient (Wildman–Crippen LogP) is 1.02. The molecule has 0 saturated heterocycles. The Morgan fingerprint density at radius 3 is 3.05 bits per heavy atom. The third kappa shape index (κ3) is 3.71. The van der Waals surface area contributed by atoms with Crippen LogP contribution in [0.15, 0.2) is 33.8 Å². The third-order valence-corrected chi connectivity index (χ3v) is 4.00. The number of aryl methyl sites for hydroxylation is 1. The first kappa shape index (κ1) is 14.8. The number of hydrogen-bond donors (Lipinski definition) is 3. The maximum atomic E-state index is 11.2. The smallest absolute Gasteiger partial charge is 0.287 e. The summed E-state index contributed by atoms with van der Waals surface area (Å²) in [6, 6.07) is 5.72. The van der Waals surface area contributed by atoms with E-state index in [9.17, 15) is 4.79 Å². The second kappa shape index (κ2) is 6.73. The highest BCUT2D eigenvalue weighted by atomic mass is 79.9. The van der Waals surface area contributed by atoms with Crippen molar-refractivity contribution >= 4 is 39.3 Å². The molecule has 9 heteroatoms. The fourth-order valence-electron chi connectivity index (χ4n) is 1.47. The van der Waals surface area contributed by atoms with Crippen LogP contribution >= 0.6 is 27.7 Å². The lowest BCUT2D eigenvalue weighted by Gasteiger charge is -2.05. The number of halogens is 1. The van der Waals surface area contributed by atoms with E-state index in [2.05, 4.69) is 26.2 Å². The molecule has 0 aliphatic heterocycles. The quantitative estimate of drug-likeness (QED) is 0.242. The lowest BCUT2D eigenvalue weighted by molar-refractivity contribution is 0.0948. The van der Waals surface area contributed by atoms with Crippen molar-refractivity contribution in [1.82, 2.24) is 20.4 Å². The van der Waals surface area contributed by atoms with Gasteiger partial charge in [0.1, 0.15) is 0 Å². The number of nitrogens with one attached hydrogen (secondary N) is 1. The van der Waals surface area contributed by atoms with Crippen molar-refractivity contribution in [2.45, 2.75) is 11.4 Å². The van der Waals surface area contributed by atoms with Crippen LogP contribution in [-0.2, 0) is 6.54 Å². The van der Waals surface area contributed by atoms with E-state index < -0.39 is 5.91 Å². The molecule has 0 bridgehead atoms. The first-order valence-corrected chi connectivity index (χ1v) is 7.47. The molecule has 106 valence electrons. The molecule has 0 aliphatic rings. The van der Waals surface area contributed by atoms with Gasteiger partial charge < -0.3 is 5.73 Å². The molecule has 0 unspecified atom stereocenters. The second-order valence-electron chi connectivity index (χ2n) is 3.87. The molecular weight excluding hydrogens is 344 g/mol. The number of thioether (sulfide) groups is 1. The average molecular weight is 357 g/mol. The van der Waals surface area contributed by atoms with Crippen molar-refractivity contribution in [3.8, 4) is 0 Å². The SMILES string of the molecule is NNC(=O)c1cn(CCSc2cc(Br)ccc2N)nn1. The molecule has 1 aromatic carbocycles. The first-order valence-electron chi connectivity index (χ1n) is 5.69. The summed E-state index contributed by atoms with van der Waals surface area (Å²) in [5.74, 6) is 5.32. The number of aromatic nitrogens is 3. The van der Waals surface area contributed by atoms with Crippen molar-refractivity contribution in [2.24, 2.45) is 5.84 Å². The molecule has 1 aromatic heterocycles. The number of carbonyl (C=O) groups excluding carboxylic acids is 1. The number of hydrogen-bond acceptors (Lipinski definition) is 6. The molecule has 2 aromatic rings. The highest BCUT2D eigenvalue weighted by molar-refractivity contribution is 9.10. The number of nitrogen functional groups attached to an aromatic ring is 2. The predicted molar refractivity (Wildman–Crippen MR) is 81.0 cm³/mol. The molecule has 0 radical (unpaired) electrons. The van der Waals surface area contributed by atoms with Crippen molar-refractivity contribution in [2.75, 3.05) is 11.5 Å². The molecule has 1 amide bonds. The third-order valence-electron chi connectivity index (χ3n) is 2.46. The number of carbonyl (C=O) groups is 1. The van der Waals surface area contributed by atoms with E-state index in [0.29, 0.717) is 6.54 Å². The monoisotopic (exact) mass is 356 g/mol. The van der Waals surface area contributed by atoms with Gasteiger partial charge in [-0.3, -0.25) is 14.9 Å². The van der Waals surface area contributed by atoms with Gasteiger partial charge >= 0.3 is 0 Å². The van der Waals surface area contributed by atoms with Crippen LogP contribution < -0.4 is 17.0 Å². The summed E-state index contributed by atoms with van der Waals surface area (Å²) >= 11 is 5.02. The minimum Gasteiger partial charge on any atom is -0.398 e. The summed E-state index contributed by atoms with van der Waals surface area (Å²) in [5.41, 5.74) is 8.83. The van der Waals surface area contributed by atoms with Crippen LogP contribution in [0.1, 0.15) is 10.5 Å². The molecule has 5 N–H and O–H groups in total.